The number of carbonyl (C=O) groups excluding carboxylic acids is 3. The third kappa shape index (κ3) is 6.45. The molecule has 9 nitrogen and oxygen atoms in total. The molecule has 38 heavy (non-hydrogen) atoms. The minimum Gasteiger partial charge on any atom is -0.444 e. The summed E-state index contributed by atoms with van der Waals surface area (Å²) in [6.45, 7) is 9.41. The minimum atomic E-state index is -0.813. The predicted octanol–water partition coefficient (Wildman–Crippen LogP) is 4.44. The zero-order valence-corrected chi connectivity index (χ0v) is 23.1. The Morgan fingerprint density at radius 2 is 1.92 bits per heavy atom. The molecular formula is C28H34ClN5O4. The first-order valence-corrected chi connectivity index (χ1v) is 13.1. The van der Waals surface area contributed by atoms with Crippen LogP contribution in [0.3, 0.4) is 0 Å². The van der Waals surface area contributed by atoms with Crippen molar-refractivity contribution in [3.8, 4) is 0 Å². The van der Waals surface area contributed by atoms with Gasteiger partial charge in [-0.05, 0) is 64.3 Å². The number of imidazole rings is 1. The van der Waals surface area contributed by atoms with E-state index in [0.29, 0.717) is 23.5 Å². The summed E-state index contributed by atoms with van der Waals surface area (Å²) in [5, 5.41) is 6.11. The van der Waals surface area contributed by atoms with Gasteiger partial charge < -0.3 is 20.4 Å². The summed E-state index contributed by atoms with van der Waals surface area (Å²) < 4.78 is 5.58. The van der Waals surface area contributed by atoms with Crippen molar-refractivity contribution in [3.05, 3.63) is 64.4 Å². The highest BCUT2D eigenvalue weighted by atomic mass is 35.5. The van der Waals surface area contributed by atoms with E-state index in [-0.39, 0.29) is 18.4 Å². The first-order valence-electron chi connectivity index (χ1n) is 12.7. The second-order valence-electron chi connectivity index (χ2n) is 10.7. The van der Waals surface area contributed by atoms with Crippen LogP contribution in [0.25, 0.3) is 11.0 Å². The fraction of sp³-hybridized carbons (Fsp3) is 0.429. The number of aromatic nitrogens is 2. The predicted molar refractivity (Wildman–Crippen MR) is 146 cm³/mol. The lowest BCUT2D eigenvalue weighted by Crippen LogP contribution is -2.52. The topological polar surface area (TPSA) is 116 Å². The standard InChI is InChI=1S/C28H34ClN5O4/c1-16(25(35)30-14-18-11-21(29)24-22(12-18)32-17(2)33-24)31-26(36)23-13-20(19-9-7-6-8-10-19)15-34(23)27(37)38-28(3,4)5/h6-12,16,20,23H,13-15H2,1-5H3,(H,30,35)(H,31,36)(H,32,33)/t16-,20-,23+/m0/s1. The number of H-pyrrole nitrogens is 1. The Morgan fingerprint density at radius 1 is 1.21 bits per heavy atom. The molecule has 0 saturated carbocycles. The van der Waals surface area contributed by atoms with Crippen molar-refractivity contribution < 1.29 is 19.1 Å². The van der Waals surface area contributed by atoms with Gasteiger partial charge in [0, 0.05) is 19.0 Å². The van der Waals surface area contributed by atoms with Gasteiger partial charge in [-0.1, -0.05) is 41.9 Å². The average molecular weight is 540 g/mol. The van der Waals surface area contributed by atoms with Crippen LogP contribution in [0.1, 0.15) is 57.0 Å². The fourth-order valence-corrected chi connectivity index (χ4v) is 4.93. The zero-order chi connectivity index (χ0) is 27.6. The highest BCUT2D eigenvalue weighted by Crippen LogP contribution is 2.33. The third-order valence-corrected chi connectivity index (χ3v) is 6.73. The second-order valence-corrected chi connectivity index (χ2v) is 11.1. The van der Waals surface area contributed by atoms with Crippen LogP contribution in [0.15, 0.2) is 42.5 Å². The molecule has 0 radical (unpaired) electrons. The van der Waals surface area contributed by atoms with E-state index in [1.54, 1.807) is 33.8 Å². The molecule has 1 saturated heterocycles. The maximum atomic E-state index is 13.3. The van der Waals surface area contributed by atoms with Gasteiger partial charge in [0.15, 0.2) is 0 Å². The Morgan fingerprint density at radius 3 is 2.61 bits per heavy atom. The van der Waals surface area contributed by atoms with Crippen molar-refractivity contribution in [2.24, 2.45) is 0 Å². The number of halogens is 1. The molecule has 1 aliphatic heterocycles. The molecule has 4 rings (SSSR count). The summed E-state index contributed by atoms with van der Waals surface area (Å²) >= 11 is 6.34. The number of fused-ring (bicyclic) bond motifs is 1. The van der Waals surface area contributed by atoms with E-state index in [1.165, 1.54) is 4.90 Å². The van der Waals surface area contributed by atoms with Crippen LogP contribution in [0, 0.1) is 6.92 Å². The molecule has 1 aliphatic rings. The van der Waals surface area contributed by atoms with Crippen molar-refractivity contribution >= 4 is 40.5 Å². The van der Waals surface area contributed by atoms with Gasteiger partial charge in [0.25, 0.3) is 0 Å². The van der Waals surface area contributed by atoms with Crippen LogP contribution in [0.2, 0.25) is 5.02 Å². The van der Waals surface area contributed by atoms with Crippen LogP contribution >= 0.6 is 11.6 Å². The molecule has 2 heterocycles. The fourth-order valence-electron chi connectivity index (χ4n) is 4.65. The van der Waals surface area contributed by atoms with Crippen molar-refractivity contribution in [2.45, 2.75) is 71.2 Å². The second kappa shape index (κ2) is 11.0. The number of ether oxygens (including phenoxy) is 1. The van der Waals surface area contributed by atoms with Crippen LogP contribution in [-0.2, 0) is 20.9 Å². The van der Waals surface area contributed by atoms with Gasteiger partial charge in [-0.25, -0.2) is 9.78 Å². The lowest BCUT2D eigenvalue weighted by atomic mass is 9.96. The van der Waals surface area contributed by atoms with Gasteiger partial charge in [-0.3, -0.25) is 14.5 Å². The number of nitrogens with zero attached hydrogens (tertiary/aromatic N) is 2. The van der Waals surface area contributed by atoms with E-state index in [0.717, 1.165) is 22.5 Å². The Balaban J connectivity index is 1.41. The molecule has 0 aliphatic carbocycles. The molecule has 0 bridgehead atoms. The number of rotatable bonds is 6. The van der Waals surface area contributed by atoms with Gasteiger partial charge in [0.05, 0.1) is 10.5 Å². The lowest BCUT2D eigenvalue weighted by Gasteiger charge is -2.28. The van der Waals surface area contributed by atoms with E-state index >= 15 is 0 Å². The summed E-state index contributed by atoms with van der Waals surface area (Å²) in [7, 11) is 0. The van der Waals surface area contributed by atoms with Crippen molar-refractivity contribution in [2.75, 3.05) is 6.54 Å². The van der Waals surface area contributed by atoms with E-state index < -0.39 is 29.7 Å². The number of carbonyl (C=O) groups is 3. The molecule has 0 spiro atoms. The first-order chi connectivity index (χ1) is 17.9. The quantitative estimate of drug-likeness (QED) is 0.428. The van der Waals surface area contributed by atoms with E-state index in [4.69, 9.17) is 16.3 Å². The van der Waals surface area contributed by atoms with Crippen molar-refractivity contribution in [1.82, 2.24) is 25.5 Å². The molecule has 3 atom stereocenters. The zero-order valence-electron chi connectivity index (χ0n) is 22.3. The minimum absolute atomic E-state index is 0.0191. The van der Waals surface area contributed by atoms with Gasteiger partial charge in [-0.2, -0.15) is 0 Å². The van der Waals surface area contributed by atoms with Gasteiger partial charge in [0.1, 0.15) is 29.0 Å². The molecule has 1 fully saturated rings. The number of hydrogen-bond acceptors (Lipinski definition) is 5. The molecule has 10 heteroatoms. The van der Waals surface area contributed by atoms with Crippen molar-refractivity contribution in [1.29, 1.82) is 0 Å². The number of aryl methyl sites for hydroxylation is 1. The maximum absolute atomic E-state index is 13.3. The molecule has 3 N–H and O–H groups in total. The Bertz CT molecular complexity index is 1330. The van der Waals surface area contributed by atoms with Crippen LogP contribution in [-0.4, -0.2) is 57.0 Å². The summed E-state index contributed by atoms with van der Waals surface area (Å²) in [4.78, 5) is 48.1. The summed E-state index contributed by atoms with van der Waals surface area (Å²) in [6.07, 6.45) is -0.111. The van der Waals surface area contributed by atoms with Crippen LogP contribution < -0.4 is 10.6 Å². The highest BCUT2D eigenvalue weighted by molar-refractivity contribution is 6.35. The smallest absolute Gasteiger partial charge is 0.410 e. The van der Waals surface area contributed by atoms with E-state index in [9.17, 15) is 14.4 Å². The van der Waals surface area contributed by atoms with E-state index in [1.807, 2.05) is 43.3 Å². The Kier molecular flexibility index (Phi) is 7.97. The SMILES string of the molecule is Cc1nc2c(Cl)cc(CNC(=O)[C@H](C)NC(=O)[C@H]3C[C@H](c4ccccc4)CN3C(=O)OC(C)(C)C)cc2[nH]1. The number of benzene rings is 2. The van der Waals surface area contributed by atoms with Crippen molar-refractivity contribution in [3.63, 3.8) is 0 Å². The summed E-state index contributed by atoms with van der Waals surface area (Å²) in [5.74, 6) is -0.0122. The number of nitrogens with one attached hydrogen (secondary N) is 3. The molecule has 202 valence electrons. The number of likely N-dealkylation sites (tertiary alicyclic amines) is 1. The van der Waals surface area contributed by atoms with Crippen LogP contribution in [0.5, 0.6) is 0 Å². The molecule has 1 aromatic heterocycles. The monoisotopic (exact) mass is 539 g/mol. The number of aromatic amines is 1. The molecule has 3 aromatic rings. The number of amides is 3. The number of hydrogen-bond donors (Lipinski definition) is 3. The normalized spacial score (nSPS) is 18.3. The molecule has 2 aromatic carbocycles. The van der Waals surface area contributed by atoms with Crippen LogP contribution in [0.4, 0.5) is 4.79 Å². The van der Waals surface area contributed by atoms with Gasteiger partial charge >= 0.3 is 6.09 Å². The largest absolute Gasteiger partial charge is 0.444 e. The lowest BCUT2D eigenvalue weighted by molar-refractivity contribution is -0.131. The first kappa shape index (κ1) is 27.4. The van der Waals surface area contributed by atoms with Gasteiger partial charge in [-0.15, -0.1) is 0 Å². The summed E-state index contributed by atoms with van der Waals surface area (Å²) in [5.41, 5.74) is 2.62. The average Bonchev–Trinajstić information content (AvgIpc) is 3.46. The maximum Gasteiger partial charge on any atom is 0.410 e. The third-order valence-electron chi connectivity index (χ3n) is 6.44. The molecular weight excluding hydrogens is 506 g/mol. The van der Waals surface area contributed by atoms with Gasteiger partial charge in [0.2, 0.25) is 11.8 Å². The Hall–Kier alpha value is -3.59. The molecule has 3 amide bonds. The summed E-state index contributed by atoms with van der Waals surface area (Å²) in [6, 6.07) is 11.8. The van der Waals surface area contributed by atoms with E-state index in [2.05, 4.69) is 20.6 Å². The highest BCUT2D eigenvalue weighted by Gasteiger charge is 2.42. The Labute approximate surface area is 227 Å². The molecule has 0 unspecified atom stereocenters.